The first kappa shape index (κ1) is 19.4. The van der Waals surface area contributed by atoms with E-state index in [1.54, 1.807) is 4.68 Å². The lowest BCUT2D eigenvalue weighted by atomic mass is 9.98. The normalized spacial score (nSPS) is 21.5. The molecule has 1 aliphatic carbocycles. The van der Waals surface area contributed by atoms with E-state index in [1.807, 2.05) is 11.1 Å². The van der Waals surface area contributed by atoms with Crippen molar-refractivity contribution in [1.29, 1.82) is 0 Å². The SMILES string of the molecule is NC(=O)NCc1cn(C[C@@H]2CCCN(C(=O)NC3CCCCCC3)C2)nn1. The fourth-order valence-electron chi connectivity index (χ4n) is 4.04. The van der Waals surface area contributed by atoms with Gasteiger partial charge in [-0.15, -0.1) is 5.10 Å². The standard InChI is InChI=1S/C18H31N7O2/c19-17(26)20-10-16-13-25(23-22-16)12-14-6-5-9-24(11-14)18(27)21-15-7-3-1-2-4-8-15/h13-15H,1-12H2,(H,21,27)(H3,19,20,26)/t14-/m1/s1. The number of carbonyl (C=O) groups excluding carboxylic acids is 2. The Hall–Kier alpha value is -2.32. The fourth-order valence-corrected chi connectivity index (χ4v) is 4.04. The zero-order valence-electron chi connectivity index (χ0n) is 15.9. The molecule has 1 aromatic heterocycles. The molecule has 1 saturated heterocycles. The molecule has 1 aromatic rings. The molecule has 2 fully saturated rings. The molecule has 1 saturated carbocycles. The van der Waals surface area contributed by atoms with Crippen molar-refractivity contribution < 1.29 is 9.59 Å². The molecule has 2 aliphatic rings. The van der Waals surface area contributed by atoms with Gasteiger partial charge in [0.25, 0.3) is 0 Å². The first-order chi connectivity index (χ1) is 13.1. The maximum absolute atomic E-state index is 12.7. The molecule has 0 spiro atoms. The van der Waals surface area contributed by atoms with E-state index in [2.05, 4.69) is 20.9 Å². The van der Waals surface area contributed by atoms with Crippen LogP contribution in [0.1, 0.15) is 57.1 Å². The summed E-state index contributed by atoms with van der Waals surface area (Å²) in [5, 5.41) is 13.9. The minimum Gasteiger partial charge on any atom is -0.352 e. The molecule has 1 atom stereocenters. The number of nitrogens with two attached hydrogens (primary N) is 1. The molecule has 4 N–H and O–H groups in total. The number of piperidine rings is 1. The number of likely N-dealkylation sites (tertiary alicyclic amines) is 1. The first-order valence-electron chi connectivity index (χ1n) is 10.1. The molecule has 9 nitrogen and oxygen atoms in total. The topological polar surface area (TPSA) is 118 Å². The Labute approximate surface area is 160 Å². The predicted octanol–water partition coefficient (Wildman–Crippen LogP) is 1.59. The van der Waals surface area contributed by atoms with Gasteiger partial charge in [0.15, 0.2) is 0 Å². The van der Waals surface area contributed by atoms with Crippen LogP contribution in [0.5, 0.6) is 0 Å². The van der Waals surface area contributed by atoms with E-state index >= 15 is 0 Å². The van der Waals surface area contributed by atoms with Crippen LogP contribution >= 0.6 is 0 Å². The first-order valence-corrected chi connectivity index (χ1v) is 10.1. The highest BCUT2D eigenvalue weighted by molar-refractivity contribution is 5.74. The molecule has 1 aliphatic heterocycles. The zero-order chi connectivity index (χ0) is 19.1. The minimum absolute atomic E-state index is 0.0801. The fraction of sp³-hybridized carbons (Fsp3) is 0.778. The van der Waals surface area contributed by atoms with Crippen LogP contribution in [0.2, 0.25) is 0 Å². The number of carbonyl (C=O) groups is 2. The molecule has 0 bridgehead atoms. The van der Waals surface area contributed by atoms with E-state index < -0.39 is 6.03 Å². The van der Waals surface area contributed by atoms with Gasteiger partial charge in [-0.1, -0.05) is 30.9 Å². The van der Waals surface area contributed by atoms with Gasteiger partial charge in [-0.2, -0.15) is 0 Å². The Morgan fingerprint density at radius 2 is 1.93 bits per heavy atom. The number of hydrogen-bond donors (Lipinski definition) is 3. The van der Waals surface area contributed by atoms with Crippen LogP contribution < -0.4 is 16.4 Å². The number of urea groups is 2. The molecule has 2 heterocycles. The number of nitrogens with one attached hydrogen (secondary N) is 2. The third-order valence-corrected chi connectivity index (χ3v) is 5.46. The predicted molar refractivity (Wildman–Crippen MR) is 101 cm³/mol. The van der Waals surface area contributed by atoms with Crippen molar-refractivity contribution in [3.8, 4) is 0 Å². The number of hydrogen-bond acceptors (Lipinski definition) is 4. The van der Waals surface area contributed by atoms with Crippen LogP contribution in [0.15, 0.2) is 6.20 Å². The Morgan fingerprint density at radius 3 is 2.67 bits per heavy atom. The van der Waals surface area contributed by atoms with Gasteiger partial charge < -0.3 is 21.3 Å². The Morgan fingerprint density at radius 1 is 1.15 bits per heavy atom. The molecular formula is C18H31N7O2. The van der Waals surface area contributed by atoms with Gasteiger partial charge >= 0.3 is 12.1 Å². The highest BCUT2D eigenvalue weighted by Gasteiger charge is 2.26. The van der Waals surface area contributed by atoms with Gasteiger partial charge in [0.05, 0.1) is 12.7 Å². The summed E-state index contributed by atoms with van der Waals surface area (Å²) >= 11 is 0. The van der Waals surface area contributed by atoms with Crippen molar-refractivity contribution in [1.82, 2.24) is 30.5 Å². The Kier molecular flexibility index (Phi) is 6.89. The van der Waals surface area contributed by atoms with E-state index in [9.17, 15) is 9.59 Å². The van der Waals surface area contributed by atoms with E-state index in [0.29, 0.717) is 17.7 Å². The third-order valence-electron chi connectivity index (χ3n) is 5.46. The maximum atomic E-state index is 12.7. The van der Waals surface area contributed by atoms with Crippen LogP contribution in [-0.2, 0) is 13.1 Å². The monoisotopic (exact) mass is 377 g/mol. The highest BCUT2D eigenvalue weighted by Crippen LogP contribution is 2.20. The summed E-state index contributed by atoms with van der Waals surface area (Å²) in [5.74, 6) is 0.359. The third kappa shape index (κ3) is 6.11. The summed E-state index contributed by atoms with van der Waals surface area (Å²) < 4.78 is 1.79. The molecule has 27 heavy (non-hydrogen) atoms. The van der Waals surface area contributed by atoms with Crippen LogP contribution in [0, 0.1) is 5.92 Å². The van der Waals surface area contributed by atoms with Crippen molar-refractivity contribution in [2.45, 2.75) is 70.5 Å². The summed E-state index contributed by atoms with van der Waals surface area (Å²) in [6.45, 7) is 2.56. The van der Waals surface area contributed by atoms with Crippen molar-refractivity contribution >= 4 is 12.1 Å². The van der Waals surface area contributed by atoms with Gasteiger partial charge in [-0.3, -0.25) is 4.68 Å². The molecule has 0 radical (unpaired) electrons. The second-order valence-electron chi connectivity index (χ2n) is 7.74. The van der Waals surface area contributed by atoms with Crippen LogP contribution in [-0.4, -0.2) is 51.1 Å². The average Bonchev–Trinajstić information content (AvgIpc) is 2.94. The van der Waals surface area contributed by atoms with E-state index in [-0.39, 0.29) is 12.6 Å². The number of aromatic nitrogens is 3. The van der Waals surface area contributed by atoms with Gasteiger partial charge in [0.2, 0.25) is 0 Å². The molecule has 3 rings (SSSR count). The second-order valence-corrected chi connectivity index (χ2v) is 7.74. The van der Waals surface area contributed by atoms with Crippen molar-refractivity contribution in [2.75, 3.05) is 13.1 Å². The minimum atomic E-state index is -0.577. The summed E-state index contributed by atoms with van der Waals surface area (Å²) in [4.78, 5) is 25.4. The van der Waals surface area contributed by atoms with Crippen molar-refractivity contribution in [2.24, 2.45) is 11.7 Å². The molecule has 0 aromatic carbocycles. The van der Waals surface area contributed by atoms with Gasteiger partial charge in [0, 0.05) is 25.7 Å². The van der Waals surface area contributed by atoms with E-state index in [1.165, 1.54) is 25.7 Å². The van der Waals surface area contributed by atoms with Crippen LogP contribution in [0.25, 0.3) is 0 Å². The van der Waals surface area contributed by atoms with Gasteiger partial charge in [-0.05, 0) is 31.6 Å². The number of primary amides is 1. The molecule has 4 amide bonds. The van der Waals surface area contributed by atoms with Crippen LogP contribution in [0.4, 0.5) is 9.59 Å². The Bertz CT molecular complexity index is 625. The maximum Gasteiger partial charge on any atom is 0.317 e. The Balaban J connectivity index is 1.47. The summed E-state index contributed by atoms with van der Waals surface area (Å²) in [6.07, 6.45) is 11.1. The summed E-state index contributed by atoms with van der Waals surface area (Å²) in [5.41, 5.74) is 5.74. The van der Waals surface area contributed by atoms with Crippen molar-refractivity contribution in [3.63, 3.8) is 0 Å². The lowest BCUT2D eigenvalue weighted by Crippen LogP contribution is -2.49. The lowest BCUT2D eigenvalue weighted by molar-refractivity contribution is 0.153. The molecule has 150 valence electrons. The number of nitrogens with zero attached hydrogens (tertiary/aromatic N) is 4. The van der Waals surface area contributed by atoms with Gasteiger partial charge in [-0.25, -0.2) is 9.59 Å². The zero-order valence-corrected chi connectivity index (χ0v) is 15.9. The molecule has 9 heteroatoms. The van der Waals surface area contributed by atoms with Crippen molar-refractivity contribution in [3.05, 3.63) is 11.9 Å². The smallest absolute Gasteiger partial charge is 0.317 e. The van der Waals surface area contributed by atoms with Gasteiger partial charge in [0.1, 0.15) is 5.69 Å². The number of rotatable bonds is 5. The number of amides is 4. The average molecular weight is 377 g/mol. The summed E-state index contributed by atoms with van der Waals surface area (Å²) in [6, 6.07) is -0.167. The lowest BCUT2D eigenvalue weighted by Gasteiger charge is -2.33. The molecular weight excluding hydrogens is 346 g/mol. The van der Waals surface area contributed by atoms with E-state index in [4.69, 9.17) is 5.73 Å². The quantitative estimate of drug-likeness (QED) is 0.675. The largest absolute Gasteiger partial charge is 0.352 e. The van der Waals surface area contributed by atoms with E-state index in [0.717, 1.165) is 45.3 Å². The molecule has 0 unspecified atom stereocenters. The highest BCUT2D eigenvalue weighted by atomic mass is 16.2. The summed E-state index contributed by atoms with van der Waals surface area (Å²) in [7, 11) is 0. The van der Waals surface area contributed by atoms with Crippen LogP contribution in [0.3, 0.4) is 0 Å². The second kappa shape index (κ2) is 9.57.